The van der Waals surface area contributed by atoms with Gasteiger partial charge in [-0.3, -0.25) is 4.90 Å². The smallest absolute Gasteiger partial charge is 0.229 e. The van der Waals surface area contributed by atoms with Crippen LogP contribution in [0.1, 0.15) is 43.4 Å². The molecular weight excluding hydrogens is 396 g/mol. The van der Waals surface area contributed by atoms with Crippen molar-refractivity contribution in [3.63, 3.8) is 0 Å². The molecule has 30 heavy (non-hydrogen) atoms. The van der Waals surface area contributed by atoms with E-state index in [2.05, 4.69) is 41.6 Å². The number of aromatic nitrogens is 3. The Balaban J connectivity index is 1.33. The third-order valence-corrected chi connectivity index (χ3v) is 7.68. The van der Waals surface area contributed by atoms with E-state index < -0.39 is 0 Å². The predicted octanol–water partition coefficient (Wildman–Crippen LogP) is 3.21. The van der Waals surface area contributed by atoms with Crippen LogP contribution in [0.4, 0.5) is 16.8 Å². The maximum atomic E-state index is 9.57. The summed E-state index contributed by atoms with van der Waals surface area (Å²) in [4.78, 5) is 13.5. The standard InChI is InChI=1S/C21H24N8S/c1-15-10-17(30-27-15)25-19-24-12-16(11-23)18(26-19)28-13-21(14-28,4-7-22)29-8-5-20(2-3-20)6-9-29/h10,12H,2-6,8-9,13-14H2,1H3,(H,24,25,26). The van der Waals surface area contributed by atoms with Crippen molar-refractivity contribution in [3.05, 3.63) is 23.5 Å². The summed E-state index contributed by atoms with van der Waals surface area (Å²) in [6.07, 6.45) is 7.33. The molecule has 1 spiro atoms. The highest BCUT2D eigenvalue weighted by atomic mass is 32.1. The van der Waals surface area contributed by atoms with Gasteiger partial charge in [0, 0.05) is 13.1 Å². The third-order valence-electron chi connectivity index (χ3n) is 6.88. The first-order valence-electron chi connectivity index (χ1n) is 10.4. The molecule has 0 atom stereocenters. The van der Waals surface area contributed by atoms with Gasteiger partial charge in [-0.2, -0.15) is 19.9 Å². The number of nitrogens with one attached hydrogen (secondary N) is 1. The molecule has 2 aromatic heterocycles. The first-order valence-corrected chi connectivity index (χ1v) is 11.2. The number of nitriles is 2. The second-order valence-corrected chi connectivity index (χ2v) is 9.71. The van der Waals surface area contributed by atoms with Crippen molar-refractivity contribution >= 4 is 28.3 Å². The molecule has 0 radical (unpaired) electrons. The van der Waals surface area contributed by atoms with Gasteiger partial charge in [-0.05, 0) is 68.7 Å². The van der Waals surface area contributed by atoms with E-state index in [0.717, 1.165) is 36.9 Å². The van der Waals surface area contributed by atoms with Crippen molar-refractivity contribution in [2.45, 2.75) is 44.6 Å². The average molecular weight is 421 g/mol. The number of piperidine rings is 1. The summed E-state index contributed by atoms with van der Waals surface area (Å²) in [6, 6.07) is 6.56. The van der Waals surface area contributed by atoms with Gasteiger partial charge in [-0.1, -0.05) is 0 Å². The minimum absolute atomic E-state index is 0.134. The molecule has 8 nitrogen and oxygen atoms in total. The summed E-state index contributed by atoms with van der Waals surface area (Å²) >= 11 is 1.36. The van der Waals surface area contributed by atoms with Crippen molar-refractivity contribution in [2.24, 2.45) is 5.41 Å². The summed E-state index contributed by atoms with van der Waals surface area (Å²) < 4.78 is 4.26. The summed E-state index contributed by atoms with van der Waals surface area (Å²) in [6.45, 7) is 5.52. The first kappa shape index (κ1) is 19.2. The normalized spacial score (nSPS) is 21.5. The highest BCUT2D eigenvalue weighted by molar-refractivity contribution is 7.10. The highest BCUT2D eigenvalue weighted by Crippen LogP contribution is 2.54. The SMILES string of the molecule is Cc1cc(Nc2ncc(C#N)c(N3CC(CC#N)(N4CCC5(CC4)CC5)C3)n2)sn1. The predicted molar refractivity (Wildman–Crippen MR) is 115 cm³/mol. The molecule has 1 N–H and O–H groups in total. The summed E-state index contributed by atoms with van der Waals surface area (Å²) in [5.41, 5.74) is 1.88. The topological polar surface area (TPSA) is 105 Å². The minimum atomic E-state index is -0.134. The molecule has 0 bridgehead atoms. The highest BCUT2D eigenvalue weighted by Gasteiger charge is 2.53. The number of aryl methyl sites for hydroxylation is 1. The van der Waals surface area contributed by atoms with Gasteiger partial charge in [0.2, 0.25) is 5.95 Å². The van der Waals surface area contributed by atoms with Gasteiger partial charge in [-0.25, -0.2) is 4.98 Å². The van der Waals surface area contributed by atoms with Gasteiger partial charge in [-0.15, -0.1) is 0 Å². The van der Waals surface area contributed by atoms with E-state index in [0.29, 0.717) is 29.2 Å². The van der Waals surface area contributed by atoms with E-state index in [1.807, 2.05) is 13.0 Å². The Morgan fingerprint density at radius 2 is 1.97 bits per heavy atom. The molecule has 1 saturated carbocycles. The van der Waals surface area contributed by atoms with Crippen LogP contribution in [0.15, 0.2) is 12.3 Å². The summed E-state index contributed by atoms with van der Waals surface area (Å²) in [7, 11) is 0. The van der Waals surface area contributed by atoms with Crippen LogP contribution in [0.25, 0.3) is 0 Å². The van der Waals surface area contributed by atoms with Crippen LogP contribution < -0.4 is 10.2 Å². The zero-order chi connectivity index (χ0) is 20.8. The second-order valence-electron chi connectivity index (χ2n) is 8.90. The summed E-state index contributed by atoms with van der Waals surface area (Å²) in [5.74, 6) is 1.10. The molecule has 4 heterocycles. The fourth-order valence-electron chi connectivity index (χ4n) is 4.80. The first-order chi connectivity index (χ1) is 14.5. The number of rotatable bonds is 5. The lowest BCUT2D eigenvalue weighted by Gasteiger charge is -2.57. The fourth-order valence-corrected chi connectivity index (χ4v) is 5.46. The van der Waals surface area contributed by atoms with Crippen LogP contribution >= 0.6 is 11.5 Å². The molecule has 2 aromatic rings. The molecule has 1 aliphatic carbocycles. The molecule has 2 saturated heterocycles. The number of hydrogen-bond acceptors (Lipinski definition) is 9. The zero-order valence-electron chi connectivity index (χ0n) is 17.1. The van der Waals surface area contributed by atoms with Crippen molar-refractivity contribution in [1.29, 1.82) is 10.5 Å². The lowest BCUT2D eigenvalue weighted by molar-refractivity contribution is 0.0251. The van der Waals surface area contributed by atoms with E-state index in [4.69, 9.17) is 0 Å². The molecule has 3 fully saturated rings. The van der Waals surface area contributed by atoms with Crippen LogP contribution in [0.3, 0.4) is 0 Å². The number of hydrogen-bond donors (Lipinski definition) is 1. The van der Waals surface area contributed by atoms with Crippen LogP contribution in [0, 0.1) is 35.0 Å². The molecule has 2 aliphatic heterocycles. The Hall–Kier alpha value is -2.75. The summed E-state index contributed by atoms with van der Waals surface area (Å²) in [5, 5.41) is 23.1. The molecule has 154 valence electrons. The fraction of sp³-hybridized carbons (Fsp3) is 0.571. The number of anilines is 3. The molecule has 3 aliphatic rings. The molecule has 0 amide bonds. The second kappa shape index (κ2) is 7.19. The van der Waals surface area contributed by atoms with Crippen molar-refractivity contribution in [3.8, 4) is 12.1 Å². The Labute approximate surface area is 180 Å². The van der Waals surface area contributed by atoms with Gasteiger partial charge in [0.1, 0.15) is 16.6 Å². The molecule has 0 aromatic carbocycles. The average Bonchev–Trinajstić information content (AvgIpc) is 3.35. The molecule has 0 unspecified atom stereocenters. The van der Waals surface area contributed by atoms with Crippen molar-refractivity contribution in [2.75, 3.05) is 36.4 Å². The van der Waals surface area contributed by atoms with Gasteiger partial charge in [0.05, 0.1) is 29.9 Å². The quantitative estimate of drug-likeness (QED) is 0.786. The largest absolute Gasteiger partial charge is 0.351 e. The minimum Gasteiger partial charge on any atom is -0.351 e. The van der Waals surface area contributed by atoms with Crippen molar-refractivity contribution in [1.82, 2.24) is 19.2 Å². The van der Waals surface area contributed by atoms with Crippen LogP contribution in [0.2, 0.25) is 0 Å². The Morgan fingerprint density at radius 3 is 2.57 bits per heavy atom. The van der Waals surface area contributed by atoms with Gasteiger partial charge < -0.3 is 10.2 Å². The maximum absolute atomic E-state index is 9.57. The lowest BCUT2D eigenvalue weighted by Crippen LogP contribution is -2.71. The van der Waals surface area contributed by atoms with Crippen LogP contribution in [-0.2, 0) is 0 Å². The maximum Gasteiger partial charge on any atom is 0.229 e. The Bertz CT molecular complexity index is 1030. The van der Waals surface area contributed by atoms with Crippen LogP contribution in [0.5, 0.6) is 0 Å². The monoisotopic (exact) mass is 420 g/mol. The number of nitrogens with zero attached hydrogens (tertiary/aromatic N) is 7. The Morgan fingerprint density at radius 1 is 1.20 bits per heavy atom. The van der Waals surface area contributed by atoms with E-state index in [-0.39, 0.29) is 5.54 Å². The van der Waals surface area contributed by atoms with Gasteiger partial charge in [0.25, 0.3) is 0 Å². The molecular formula is C21H24N8S. The van der Waals surface area contributed by atoms with E-state index in [1.165, 1.54) is 37.2 Å². The molecule has 5 rings (SSSR count). The van der Waals surface area contributed by atoms with Crippen LogP contribution in [-0.4, -0.2) is 51.0 Å². The third kappa shape index (κ3) is 3.38. The van der Waals surface area contributed by atoms with E-state index in [9.17, 15) is 10.5 Å². The lowest BCUT2D eigenvalue weighted by atomic mass is 9.81. The van der Waals surface area contributed by atoms with E-state index >= 15 is 0 Å². The van der Waals surface area contributed by atoms with E-state index in [1.54, 1.807) is 6.20 Å². The van der Waals surface area contributed by atoms with Crippen molar-refractivity contribution < 1.29 is 0 Å². The number of likely N-dealkylation sites (tertiary alicyclic amines) is 1. The Kier molecular flexibility index (Phi) is 4.61. The zero-order valence-corrected chi connectivity index (χ0v) is 17.9. The van der Waals surface area contributed by atoms with Gasteiger partial charge in [0.15, 0.2) is 5.82 Å². The molecule has 9 heteroatoms. The van der Waals surface area contributed by atoms with Gasteiger partial charge >= 0.3 is 0 Å².